The Morgan fingerprint density at radius 2 is 1.67 bits per heavy atom. The lowest BCUT2D eigenvalue weighted by molar-refractivity contribution is 0.398. The van der Waals surface area contributed by atoms with Crippen LogP contribution in [0.25, 0.3) is 10.1 Å². The number of nitrogens with zero attached hydrogens (tertiary/aromatic N) is 1. The molecule has 0 radical (unpaired) electrons. The van der Waals surface area contributed by atoms with Crippen LogP contribution >= 0.6 is 11.3 Å². The van der Waals surface area contributed by atoms with Gasteiger partial charge in [0.15, 0.2) is 0 Å². The van der Waals surface area contributed by atoms with Crippen LogP contribution in [0.1, 0.15) is 5.56 Å². The van der Waals surface area contributed by atoms with Gasteiger partial charge in [0.05, 0.1) is 31.6 Å². The van der Waals surface area contributed by atoms with Crippen LogP contribution in [0.4, 0.5) is 10.7 Å². The second kappa shape index (κ2) is 6.69. The van der Waals surface area contributed by atoms with E-state index in [2.05, 4.69) is 11.4 Å². The Hall–Kier alpha value is -2.91. The number of anilines is 2. The molecular weight excluding hydrogens is 324 g/mol. The number of ether oxygens (including phenoxy) is 3. The summed E-state index contributed by atoms with van der Waals surface area (Å²) in [5, 5.41) is 14.5. The molecule has 0 fully saturated rings. The molecule has 122 valence electrons. The Bertz CT molecular complexity index is 911. The maximum Gasteiger partial charge on any atom is 0.140 e. The first-order valence-corrected chi connectivity index (χ1v) is 8.01. The minimum Gasteiger partial charge on any atom is -0.497 e. The number of hydrogen-bond acceptors (Lipinski definition) is 6. The van der Waals surface area contributed by atoms with Gasteiger partial charge in [-0.2, -0.15) is 5.26 Å². The molecule has 1 aromatic heterocycles. The number of fused-ring (bicyclic) bond motifs is 1. The van der Waals surface area contributed by atoms with E-state index >= 15 is 0 Å². The van der Waals surface area contributed by atoms with Crippen molar-refractivity contribution in [2.24, 2.45) is 0 Å². The number of nitriles is 1. The highest BCUT2D eigenvalue weighted by atomic mass is 32.1. The Kier molecular flexibility index (Phi) is 4.45. The van der Waals surface area contributed by atoms with Crippen molar-refractivity contribution >= 4 is 32.1 Å². The molecule has 0 saturated carbocycles. The zero-order valence-electron chi connectivity index (χ0n) is 13.5. The lowest BCUT2D eigenvalue weighted by atomic mass is 10.1. The minimum atomic E-state index is 0.572. The molecule has 0 atom stereocenters. The summed E-state index contributed by atoms with van der Waals surface area (Å²) in [4.78, 5) is 0. The summed E-state index contributed by atoms with van der Waals surface area (Å²) >= 11 is 1.48. The van der Waals surface area contributed by atoms with Crippen molar-refractivity contribution in [3.05, 3.63) is 42.0 Å². The van der Waals surface area contributed by atoms with Crippen LogP contribution in [0.3, 0.4) is 0 Å². The molecule has 0 spiro atoms. The largest absolute Gasteiger partial charge is 0.497 e. The molecule has 0 bridgehead atoms. The lowest BCUT2D eigenvalue weighted by Gasteiger charge is -2.05. The molecule has 6 heteroatoms. The van der Waals surface area contributed by atoms with E-state index in [1.807, 2.05) is 36.4 Å². The number of rotatable bonds is 5. The van der Waals surface area contributed by atoms with Crippen molar-refractivity contribution in [1.29, 1.82) is 5.26 Å². The zero-order chi connectivity index (χ0) is 17.1. The van der Waals surface area contributed by atoms with E-state index < -0.39 is 0 Å². The molecule has 1 heterocycles. The normalized spacial score (nSPS) is 10.2. The fourth-order valence-electron chi connectivity index (χ4n) is 2.42. The zero-order valence-corrected chi connectivity index (χ0v) is 14.4. The Morgan fingerprint density at radius 1 is 0.958 bits per heavy atom. The number of benzene rings is 2. The Labute approximate surface area is 144 Å². The van der Waals surface area contributed by atoms with Gasteiger partial charge in [-0.15, -0.1) is 11.3 Å². The average molecular weight is 340 g/mol. The molecule has 0 amide bonds. The molecule has 0 aliphatic carbocycles. The van der Waals surface area contributed by atoms with Crippen molar-refractivity contribution in [2.75, 3.05) is 26.6 Å². The number of hydrogen-bond donors (Lipinski definition) is 1. The van der Waals surface area contributed by atoms with Gasteiger partial charge >= 0.3 is 0 Å². The van der Waals surface area contributed by atoms with Crippen LogP contribution in [-0.2, 0) is 0 Å². The van der Waals surface area contributed by atoms with E-state index in [1.54, 1.807) is 21.3 Å². The summed E-state index contributed by atoms with van der Waals surface area (Å²) in [6, 6.07) is 13.5. The topological polar surface area (TPSA) is 63.5 Å². The smallest absolute Gasteiger partial charge is 0.140 e. The van der Waals surface area contributed by atoms with Gasteiger partial charge in [0.1, 0.15) is 28.3 Å². The average Bonchev–Trinajstić information content (AvgIpc) is 2.98. The third kappa shape index (κ3) is 2.82. The molecule has 0 unspecified atom stereocenters. The van der Waals surface area contributed by atoms with Crippen LogP contribution in [0.2, 0.25) is 0 Å². The third-order valence-electron chi connectivity index (χ3n) is 3.64. The van der Waals surface area contributed by atoms with Crippen LogP contribution in [0.5, 0.6) is 17.2 Å². The summed E-state index contributed by atoms with van der Waals surface area (Å²) in [5.74, 6) is 2.13. The van der Waals surface area contributed by atoms with Gasteiger partial charge in [-0.1, -0.05) is 0 Å². The van der Waals surface area contributed by atoms with Crippen molar-refractivity contribution in [3.63, 3.8) is 0 Å². The van der Waals surface area contributed by atoms with Gasteiger partial charge in [0, 0.05) is 17.1 Å². The van der Waals surface area contributed by atoms with Crippen molar-refractivity contribution in [2.45, 2.75) is 0 Å². The second-order valence-corrected chi connectivity index (χ2v) is 6.00. The van der Waals surface area contributed by atoms with Gasteiger partial charge < -0.3 is 19.5 Å². The van der Waals surface area contributed by atoms with Gasteiger partial charge in [-0.3, -0.25) is 0 Å². The van der Waals surface area contributed by atoms with Crippen molar-refractivity contribution in [3.8, 4) is 23.3 Å². The molecule has 0 aliphatic heterocycles. The molecule has 0 saturated heterocycles. The monoisotopic (exact) mass is 340 g/mol. The first-order valence-electron chi connectivity index (χ1n) is 7.20. The quantitative estimate of drug-likeness (QED) is 0.738. The van der Waals surface area contributed by atoms with Crippen LogP contribution in [0, 0.1) is 11.3 Å². The molecule has 3 rings (SSSR count). The van der Waals surface area contributed by atoms with Gasteiger partial charge in [-0.25, -0.2) is 0 Å². The highest BCUT2D eigenvalue weighted by Crippen LogP contribution is 2.43. The number of thiophene rings is 1. The molecule has 1 N–H and O–H groups in total. The minimum absolute atomic E-state index is 0.572. The molecular formula is C18H16N2O3S. The molecule has 5 nitrogen and oxygen atoms in total. The van der Waals surface area contributed by atoms with E-state index in [0.29, 0.717) is 17.1 Å². The number of nitrogens with one attached hydrogen (secondary N) is 1. The predicted octanol–water partition coefficient (Wildman–Crippen LogP) is 4.54. The molecule has 0 aliphatic rings. The van der Waals surface area contributed by atoms with Gasteiger partial charge in [-0.05, 0) is 30.3 Å². The third-order valence-corrected chi connectivity index (χ3v) is 4.78. The summed E-state index contributed by atoms with van der Waals surface area (Å²) in [6.07, 6.45) is 0. The lowest BCUT2D eigenvalue weighted by Crippen LogP contribution is -1.90. The van der Waals surface area contributed by atoms with Gasteiger partial charge in [0.2, 0.25) is 0 Å². The maximum atomic E-state index is 9.61. The van der Waals surface area contributed by atoms with E-state index in [1.165, 1.54) is 11.3 Å². The molecule has 24 heavy (non-hydrogen) atoms. The Morgan fingerprint density at radius 3 is 2.25 bits per heavy atom. The van der Waals surface area contributed by atoms with Crippen LogP contribution < -0.4 is 19.5 Å². The standard InChI is InChI=1S/C18H16N2O3S/c1-21-12-6-4-11(5-7-12)20-18-15(10-19)14-8-13(22-2)9-16(23-3)17(14)24-18/h4-9,20H,1-3H3. The van der Waals surface area contributed by atoms with E-state index in [4.69, 9.17) is 14.2 Å². The highest BCUT2D eigenvalue weighted by Gasteiger charge is 2.17. The van der Waals surface area contributed by atoms with Crippen LogP contribution in [-0.4, -0.2) is 21.3 Å². The highest BCUT2D eigenvalue weighted by molar-refractivity contribution is 7.23. The van der Waals surface area contributed by atoms with Crippen LogP contribution in [0.15, 0.2) is 36.4 Å². The number of methoxy groups -OCH3 is 3. The van der Waals surface area contributed by atoms with E-state index in [0.717, 1.165) is 26.5 Å². The first-order chi connectivity index (χ1) is 11.7. The SMILES string of the molecule is COc1ccc(Nc2sc3c(OC)cc(OC)cc3c2C#N)cc1. The second-order valence-electron chi connectivity index (χ2n) is 4.98. The maximum absolute atomic E-state index is 9.61. The summed E-state index contributed by atoms with van der Waals surface area (Å²) in [6.45, 7) is 0. The fraction of sp³-hybridized carbons (Fsp3) is 0.167. The fourth-order valence-corrected chi connectivity index (χ4v) is 3.56. The van der Waals surface area contributed by atoms with Crippen molar-refractivity contribution in [1.82, 2.24) is 0 Å². The van der Waals surface area contributed by atoms with Crippen molar-refractivity contribution < 1.29 is 14.2 Å². The van der Waals surface area contributed by atoms with Gasteiger partial charge in [0.25, 0.3) is 0 Å². The molecule has 2 aromatic carbocycles. The van der Waals surface area contributed by atoms with E-state index in [-0.39, 0.29) is 0 Å². The summed E-state index contributed by atoms with van der Waals surface area (Å²) in [7, 11) is 4.83. The predicted molar refractivity (Wildman–Crippen MR) is 95.9 cm³/mol. The first kappa shape index (κ1) is 16.0. The summed E-state index contributed by atoms with van der Waals surface area (Å²) in [5.41, 5.74) is 1.45. The molecule has 3 aromatic rings. The summed E-state index contributed by atoms with van der Waals surface area (Å²) < 4.78 is 16.8. The Balaban J connectivity index is 2.08. The van der Waals surface area contributed by atoms with E-state index in [9.17, 15) is 5.26 Å².